The smallest absolute Gasteiger partial charge is 0.301 e. The van der Waals surface area contributed by atoms with Crippen molar-refractivity contribution >= 4 is 16.7 Å². The van der Waals surface area contributed by atoms with Gasteiger partial charge < -0.3 is 4.72 Å². The van der Waals surface area contributed by atoms with Crippen molar-refractivity contribution in [2.24, 2.45) is 0 Å². The van der Waals surface area contributed by atoms with Crippen molar-refractivity contribution in [2.45, 2.75) is 50.9 Å². The van der Waals surface area contributed by atoms with E-state index in [4.69, 9.17) is 0 Å². The number of anilines is 1. The lowest BCUT2D eigenvalue weighted by atomic mass is 10.0. The number of benzene rings is 2. The summed E-state index contributed by atoms with van der Waals surface area (Å²) < 4.78 is 94.2. The van der Waals surface area contributed by atoms with Crippen LogP contribution in [0.4, 0.5) is 32.0 Å². The summed E-state index contributed by atoms with van der Waals surface area (Å²) in [5.41, 5.74) is -2.35. The molecular weight excluding hydrogens is 404 g/mol. The fourth-order valence-electron chi connectivity index (χ4n) is 2.86. The number of hydrogen-bond donors (Lipinski definition) is 1. The Labute approximate surface area is 161 Å². The lowest BCUT2D eigenvalue weighted by molar-refractivity contribution is -0.143. The van der Waals surface area contributed by atoms with Crippen molar-refractivity contribution in [3.63, 3.8) is 0 Å². The van der Waals surface area contributed by atoms with E-state index in [-0.39, 0.29) is 6.07 Å². The van der Waals surface area contributed by atoms with Gasteiger partial charge in [0.05, 0.1) is 21.7 Å². The normalized spacial score (nSPS) is 13.5. The van der Waals surface area contributed by atoms with E-state index in [9.17, 15) is 30.6 Å². The van der Waals surface area contributed by atoms with E-state index in [1.165, 1.54) is 0 Å². The zero-order valence-electron chi connectivity index (χ0n) is 15.4. The molecule has 0 saturated carbocycles. The van der Waals surface area contributed by atoms with Gasteiger partial charge in [-0.15, -0.1) is 0 Å². The van der Waals surface area contributed by atoms with Gasteiger partial charge in [-0.05, 0) is 48.6 Å². The van der Waals surface area contributed by atoms with Gasteiger partial charge in [0.2, 0.25) is 0 Å². The highest BCUT2D eigenvalue weighted by Gasteiger charge is 2.39. The van der Waals surface area contributed by atoms with Crippen LogP contribution in [-0.4, -0.2) is 4.21 Å². The monoisotopic (exact) mass is 423 g/mol. The SMILES string of the molecule is CCc1cccc(CC)c1S(=O)Nc1cc(C(F)(F)F)cc(C(F)(F)F)c1C. The third-order valence-corrected chi connectivity index (χ3v) is 5.67. The quantitative estimate of drug-likeness (QED) is 0.563. The van der Waals surface area contributed by atoms with Crippen LogP contribution < -0.4 is 4.72 Å². The molecule has 2 aromatic rings. The number of hydrogen-bond acceptors (Lipinski definition) is 1. The van der Waals surface area contributed by atoms with E-state index in [2.05, 4.69) is 4.72 Å². The Hall–Kier alpha value is -2.03. The van der Waals surface area contributed by atoms with Crippen molar-refractivity contribution in [3.8, 4) is 0 Å². The van der Waals surface area contributed by atoms with Crippen LogP contribution in [0.2, 0.25) is 0 Å². The Morgan fingerprint density at radius 1 is 0.929 bits per heavy atom. The maximum Gasteiger partial charge on any atom is 0.416 e. The second-order valence-corrected chi connectivity index (χ2v) is 7.32. The van der Waals surface area contributed by atoms with Crippen LogP contribution in [0.25, 0.3) is 0 Å². The second-order valence-electron chi connectivity index (χ2n) is 6.18. The molecule has 1 unspecified atom stereocenters. The first-order valence-corrected chi connectivity index (χ1v) is 9.63. The second kappa shape index (κ2) is 8.14. The van der Waals surface area contributed by atoms with Crippen LogP contribution in [0, 0.1) is 6.92 Å². The first-order chi connectivity index (χ1) is 12.9. The zero-order valence-corrected chi connectivity index (χ0v) is 16.2. The molecule has 0 heterocycles. The third-order valence-electron chi connectivity index (χ3n) is 4.37. The van der Waals surface area contributed by atoms with Crippen LogP contribution in [-0.2, 0) is 36.2 Å². The van der Waals surface area contributed by atoms with Crippen LogP contribution in [0.5, 0.6) is 0 Å². The van der Waals surface area contributed by atoms with Crippen molar-refractivity contribution in [3.05, 3.63) is 58.1 Å². The molecule has 0 fully saturated rings. The average Bonchev–Trinajstić information content (AvgIpc) is 2.60. The molecular formula is C19H19F6NOS. The molecule has 2 aromatic carbocycles. The minimum Gasteiger partial charge on any atom is -0.301 e. The Balaban J connectivity index is 2.59. The van der Waals surface area contributed by atoms with Crippen molar-refractivity contribution in [2.75, 3.05) is 4.72 Å². The summed E-state index contributed by atoms with van der Waals surface area (Å²) in [4.78, 5) is 0.387. The largest absolute Gasteiger partial charge is 0.416 e. The standard InChI is InChI=1S/C19H19F6NOS/c1-4-12-7-6-8-13(5-2)17(12)28(27)26-16-10-14(18(20,21)22)9-15(11(16)3)19(23,24)25/h6-10,26H,4-5H2,1-3H3. The molecule has 2 rings (SSSR count). The molecule has 9 heteroatoms. The summed E-state index contributed by atoms with van der Waals surface area (Å²) >= 11 is 0. The van der Waals surface area contributed by atoms with E-state index < -0.39 is 45.7 Å². The number of alkyl halides is 6. The first-order valence-electron chi connectivity index (χ1n) is 8.48. The van der Waals surface area contributed by atoms with Gasteiger partial charge in [0.15, 0.2) is 11.0 Å². The molecule has 0 bridgehead atoms. The van der Waals surface area contributed by atoms with Gasteiger partial charge in [-0.3, -0.25) is 0 Å². The summed E-state index contributed by atoms with van der Waals surface area (Å²) in [6.45, 7) is 4.70. The predicted molar refractivity (Wildman–Crippen MR) is 96.4 cm³/mol. The van der Waals surface area contributed by atoms with E-state index in [0.29, 0.717) is 34.9 Å². The first kappa shape index (κ1) is 22.3. The Kier molecular flexibility index (Phi) is 6.48. The highest BCUT2D eigenvalue weighted by Crippen LogP contribution is 2.40. The van der Waals surface area contributed by atoms with Gasteiger partial charge in [0.25, 0.3) is 0 Å². The molecule has 0 aliphatic carbocycles. The van der Waals surface area contributed by atoms with Gasteiger partial charge in [0.1, 0.15) is 0 Å². The molecule has 0 saturated heterocycles. The molecule has 0 spiro atoms. The molecule has 0 aromatic heterocycles. The Bertz CT molecular complexity index is 867. The van der Waals surface area contributed by atoms with Crippen LogP contribution in [0.1, 0.15) is 41.7 Å². The molecule has 1 atom stereocenters. The van der Waals surface area contributed by atoms with Crippen molar-refractivity contribution in [1.29, 1.82) is 0 Å². The maximum atomic E-state index is 13.2. The molecule has 0 aliphatic rings. The fraction of sp³-hybridized carbons (Fsp3) is 0.368. The Morgan fingerprint density at radius 3 is 1.89 bits per heavy atom. The summed E-state index contributed by atoms with van der Waals surface area (Å²) in [6, 6.07) is 5.86. The fourth-order valence-corrected chi connectivity index (χ4v) is 4.28. The van der Waals surface area contributed by atoms with Gasteiger partial charge in [0, 0.05) is 0 Å². The van der Waals surface area contributed by atoms with Gasteiger partial charge in [-0.25, -0.2) is 4.21 Å². The highest BCUT2D eigenvalue weighted by atomic mass is 32.2. The van der Waals surface area contributed by atoms with Gasteiger partial charge in [-0.2, -0.15) is 26.3 Å². The van der Waals surface area contributed by atoms with Crippen molar-refractivity contribution in [1.82, 2.24) is 0 Å². The summed E-state index contributed by atoms with van der Waals surface area (Å²) in [5.74, 6) is 0. The lowest BCUT2D eigenvalue weighted by Gasteiger charge is -2.20. The van der Waals surface area contributed by atoms with Crippen LogP contribution in [0.3, 0.4) is 0 Å². The minimum atomic E-state index is -4.97. The molecule has 1 N–H and O–H groups in total. The number of halogens is 6. The number of nitrogens with one attached hydrogen (secondary N) is 1. The number of aryl methyl sites for hydroxylation is 2. The van der Waals surface area contributed by atoms with E-state index in [0.717, 1.165) is 6.92 Å². The molecule has 0 radical (unpaired) electrons. The average molecular weight is 423 g/mol. The molecule has 28 heavy (non-hydrogen) atoms. The number of rotatable bonds is 5. The summed E-state index contributed by atoms with van der Waals surface area (Å²) in [6.07, 6.45) is -8.90. The van der Waals surface area contributed by atoms with Gasteiger partial charge >= 0.3 is 12.4 Å². The van der Waals surface area contributed by atoms with Gasteiger partial charge in [-0.1, -0.05) is 32.0 Å². The molecule has 0 amide bonds. The highest BCUT2D eigenvalue weighted by molar-refractivity contribution is 7.86. The zero-order chi connectivity index (χ0) is 21.3. The van der Waals surface area contributed by atoms with E-state index in [1.807, 2.05) is 13.8 Å². The summed E-state index contributed by atoms with van der Waals surface area (Å²) in [5, 5.41) is 0. The maximum absolute atomic E-state index is 13.2. The van der Waals surface area contributed by atoms with E-state index >= 15 is 0 Å². The van der Waals surface area contributed by atoms with Crippen LogP contribution >= 0.6 is 0 Å². The lowest BCUT2D eigenvalue weighted by Crippen LogP contribution is -2.16. The minimum absolute atomic E-state index is 0.0703. The van der Waals surface area contributed by atoms with E-state index in [1.54, 1.807) is 18.2 Å². The van der Waals surface area contributed by atoms with Crippen LogP contribution in [0.15, 0.2) is 35.2 Å². The summed E-state index contributed by atoms with van der Waals surface area (Å²) in [7, 11) is -2.02. The third kappa shape index (κ3) is 4.68. The topological polar surface area (TPSA) is 29.1 Å². The Morgan fingerprint density at radius 2 is 1.46 bits per heavy atom. The molecule has 2 nitrogen and oxygen atoms in total. The van der Waals surface area contributed by atoms with Crippen molar-refractivity contribution < 1.29 is 30.6 Å². The molecule has 0 aliphatic heterocycles. The molecule has 154 valence electrons. The predicted octanol–water partition coefficient (Wildman–Crippen LogP) is 6.29.